The minimum absolute atomic E-state index is 0.479. The Hall–Kier alpha value is -0.330. The van der Waals surface area contributed by atoms with Crippen molar-refractivity contribution in [3.63, 3.8) is 0 Å². The topological polar surface area (TPSA) is 17.1 Å². The highest BCUT2D eigenvalue weighted by Crippen LogP contribution is 2.31. The van der Waals surface area contributed by atoms with E-state index in [1.54, 1.807) is 0 Å². The lowest BCUT2D eigenvalue weighted by atomic mass is 10.0. The van der Waals surface area contributed by atoms with Gasteiger partial charge >= 0.3 is 0 Å². The molecule has 1 heteroatoms. The maximum atomic E-state index is 11.5. The standard InChI is InChI=1S/C18H34O/c1-2-3-4-5-6-7-8-9-10-11-12-13-14-18(19)17-15-16-17/h17H,2-16H2,1H3. The van der Waals surface area contributed by atoms with Gasteiger partial charge in [0.05, 0.1) is 0 Å². The third kappa shape index (κ3) is 10.2. The summed E-state index contributed by atoms with van der Waals surface area (Å²) >= 11 is 0. The molecule has 1 rings (SSSR count). The third-order valence-electron chi connectivity index (χ3n) is 4.31. The molecule has 0 aromatic heterocycles. The van der Waals surface area contributed by atoms with Gasteiger partial charge in [-0.1, -0.05) is 77.6 Å². The molecule has 0 aliphatic heterocycles. The van der Waals surface area contributed by atoms with Crippen LogP contribution in [0.25, 0.3) is 0 Å². The van der Waals surface area contributed by atoms with Crippen LogP contribution in [0.5, 0.6) is 0 Å². The second-order valence-electron chi connectivity index (χ2n) is 6.38. The van der Waals surface area contributed by atoms with Gasteiger partial charge in [0, 0.05) is 12.3 Å². The van der Waals surface area contributed by atoms with E-state index >= 15 is 0 Å². The van der Waals surface area contributed by atoms with E-state index in [4.69, 9.17) is 0 Å². The van der Waals surface area contributed by atoms with E-state index in [9.17, 15) is 4.79 Å². The Morgan fingerprint density at radius 3 is 1.58 bits per heavy atom. The van der Waals surface area contributed by atoms with Crippen molar-refractivity contribution in [3.8, 4) is 0 Å². The molecule has 1 nitrogen and oxygen atoms in total. The molecule has 0 bridgehead atoms. The summed E-state index contributed by atoms with van der Waals surface area (Å²) in [6, 6.07) is 0. The van der Waals surface area contributed by atoms with Crippen molar-refractivity contribution in [1.29, 1.82) is 0 Å². The quantitative estimate of drug-likeness (QED) is 0.349. The van der Waals surface area contributed by atoms with Crippen LogP contribution in [0.4, 0.5) is 0 Å². The van der Waals surface area contributed by atoms with Gasteiger partial charge in [0.2, 0.25) is 0 Å². The van der Waals surface area contributed by atoms with Crippen LogP contribution in [0.1, 0.15) is 103 Å². The third-order valence-corrected chi connectivity index (χ3v) is 4.31. The summed E-state index contributed by atoms with van der Waals surface area (Å²) in [5.41, 5.74) is 0. The summed E-state index contributed by atoms with van der Waals surface area (Å²) in [7, 11) is 0. The van der Waals surface area contributed by atoms with Crippen LogP contribution in [-0.4, -0.2) is 5.78 Å². The van der Waals surface area contributed by atoms with E-state index < -0.39 is 0 Å². The van der Waals surface area contributed by atoms with E-state index in [0.717, 1.165) is 12.8 Å². The summed E-state index contributed by atoms with van der Waals surface area (Å²) in [6.45, 7) is 2.28. The second kappa shape index (κ2) is 11.5. The average molecular weight is 266 g/mol. The zero-order chi connectivity index (χ0) is 13.8. The van der Waals surface area contributed by atoms with Gasteiger partial charge in [-0.05, 0) is 19.3 Å². The van der Waals surface area contributed by atoms with E-state index in [2.05, 4.69) is 6.92 Å². The lowest BCUT2D eigenvalue weighted by Gasteiger charge is -2.02. The summed E-state index contributed by atoms with van der Waals surface area (Å²) in [6.07, 6.45) is 19.7. The molecule has 0 radical (unpaired) electrons. The molecule has 1 saturated carbocycles. The fourth-order valence-electron chi connectivity index (χ4n) is 2.75. The van der Waals surface area contributed by atoms with E-state index in [0.29, 0.717) is 11.7 Å². The summed E-state index contributed by atoms with van der Waals surface area (Å²) in [5.74, 6) is 1.03. The Morgan fingerprint density at radius 2 is 1.16 bits per heavy atom. The smallest absolute Gasteiger partial charge is 0.135 e. The zero-order valence-corrected chi connectivity index (χ0v) is 13.1. The maximum Gasteiger partial charge on any atom is 0.135 e. The van der Waals surface area contributed by atoms with Crippen molar-refractivity contribution in [2.75, 3.05) is 0 Å². The largest absolute Gasteiger partial charge is 0.299 e. The Kier molecular flexibility index (Phi) is 10.1. The highest BCUT2D eigenvalue weighted by Gasteiger charge is 2.28. The average Bonchev–Trinajstić information content (AvgIpc) is 3.24. The monoisotopic (exact) mass is 266 g/mol. The minimum atomic E-state index is 0.479. The van der Waals surface area contributed by atoms with E-state index in [1.165, 1.54) is 83.5 Å². The molecule has 0 atom stereocenters. The number of hydrogen-bond donors (Lipinski definition) is 0. The van der Waals surface area contributed by atoms with Gasteiger partial charge in [-0.3, -0.25) is 4.79 Å². The first kappa shape index (κ1) is 16.7. The van der Waals surface area contributed by atoms with Crippen molar-refractivity contribution in [2.24, 2.45) is 5.92 Å². The van der Waals surface area contributed by atoms with Crippen LogP contribution >= 0.6 is 0 Å². The fourth-order valence-corrected chi connectivity index (χ4v) is 2.75. The van der Waals surface area contributed by atoms with Gasteiger partial charge in [-0.15, -0.1) is 0 Å². The number of unbranched alkanes of at least 4 members (excludes halogenated alkanes) is 11. The molecule has 0 amide bonds. The van der Waals surface area contributed by atoms with Crippen molar-refractivity contribution in [3.05, 3.63) is 0 Å². The molecular formula is C18H34O. The first-order valence-corrected chi connectivity index (χ1v) is 8.87. The second-order valence-corrected chi connectivity index (χ2v) is 6.38. The maximum absolute atomic E-state index is 11.5. The first-order chi connectivity index (χ1) is 9.34. The molecule has 0 N–H and O–H groups in total. The highest BCUT2D eigenvalue weighted by atomic mass is 16.1. The molecule has 1 aliphatic rings. The summed E-state index contributed by atoms with van der Waals surface area (Å²) in [4.78, 5) is 11.5. The predicted molar refractivity (Wildman–Crippen MR) is 83.4 cm³/mol. The highest BCUT2D eigenvalue weighted by molar-refractivity contribution is 5.82. The van der Waals surface area contributed by atoms with Crippen LogP contribution in [0.2, 0.25) is 0 Å². The number of carbonyl (C=O) groups is 1. The normalized spacial score (nSPS) is 14.8. The first-order valence-electron chi connectivity index (χ1n) is 8.87. The van der Waals surface area contributed by atoms with E-state index in [1.807, 2.05) is 0 Å². The van der Waals surface area contributed by atoms with Crippen LogP contribution < -0.4 is 0 Å². The number of hydrogen-bond acceptors (Lipinski definition) is 1. The fraction of sp³-hybridized carbons (Fsp3) is 0.944. The molecule has 19 heavy (non-hydrogen) atoms. The molecule has 112 valence electrons. The number of carbonyl (C=O) groups excluding carboxylic acids is 1. The number of rotatable bonds is 14. The SMILES string of the molecule is CCCCCCCCCCCCCCC(=O)C1CC1. The Bertz CT molecular complexity index is 218. The predicted octanol–water partition coefficient (Wildman–Crippen LogP) is 6.06. The van der Waals surface area contributed by atoms with Crippen LogP contribution in [0, 0.1) is 5.92 Å². The van der Waals surface area contributed by atoms with Crippen molar-refractivity contribution in [2.45, 2.75) is 103 Å². The molecule has 0 heterocycles. The molecular weight excluding hydrogens is 232 g/mol. The van der Waals surface area contributed by atoms with Gasteiger partial charge < -0.3 is 0 Å². The number of ketones is 1. The van der Waals surface area contributed by atoms with Crippen molar-refractivity contribution < 1.29 is 4.79 Å². The van der Waals surface area contributed by atoms with Crippen LogP contribution in [0.3, 0.4) is 0 Å². The van der Waals surface area contributed by atoms with Gasteiger partial charge in [-0.2, -0.15) is 0 Å². The molecule has 0 unspecified atom stereocenters. The lowest BCUT2D eigenvalue weighted by molar-refractivity contribution is -0.120. The zero-order valence-electron chi connectivity index (χ0n) is 13.1. The molecule has 0 spiro atoms. The Labute approximate surface area is 120 Å². The van der Waals surface area contributed by atoms with Gasteiger partial charge in [0.25, 0.3) is 0 Å². The summed E-state index contributed by atoms with van der Waals surface area (Å²) < 4.78 is 0. The molecule has 0 aromatic rings. The lowest BCUT2D eigenvalue weighted by Crippen LogP contribution is -1.99. The minimum Gasteiger partial charge on any atom is -0.299 e. The molecule has 1 fully saturated rings. The van der Waals surface area contributed by atoms with Crippen LogP contribution in [-0.2, 0) is 4.79 Å². The molecule has 0 saturated heterocycles. The van der Waals surface area contributed by atoms with Crippen LogP contribution in [0.15, 0.2) is 0 Å². The van der Waals surface area contributed by atoms with Gasteiger partial charge in [0.1, 0.15) is 5.78 Å². The van der Waals surface area contributed by atoms with Gasteiger partial charge in [0.15, 0.2) is 0 Å². The Morgan fingerprint density at radius 1 is 0.737 bits per heavy atom. The van der Waals surface area contributed by atoms with Crippen molar-refractivity contribution in [1.82, 2.24) is 0 Å². The molecule has 1 aliphatic carbocycles. The Balaban J connectivity index is 1.68. The van der Waals surface area contributed by atoms with Crippen molar-refractivity contribution >= 4 is 5.78 Å². The van der Waals surface area contributed by atoms with E-state index in [-0.39, 0.29) is 0 Å². The van der Waals surface area contributed by atoms with Gasteiger partial charge in [-0.25, -0.2) is 0 Å². The summed E-state index contributed by atoms with van der Waals surface area (Å²) in [5, 5.41) is 0. The number of Topliss-reactive ketones (excluding diaryl/α,β-unsaturated/α-hetero) is 1. The molecule has 0 aromatic carbocycles.